The lowest BCUT2D eigenvalue weighted by Crippen LogP contribution is -2.43. The summed E-state index contributed by atoms with van der Waals surface area (Å²) in [6.45, 7) is 3.77. The van der Waals surface area contributed by atoms with Gasteiger partial charge in [0.1, 0.15) is 5.52 Å². The number of hydrogen-bond acceptors (Lipinski definition) is 5. The number of carbonyl (C=O) groups is 1. The Bertz CT molecular complexity index is 1160. The molecule has 7 nitrogen and oxygen atoms in total. The van der Waals surface area contributed by atoms with Gasteiger partial charge in [-0.25, -0.2) is 9.97 Å². The van der Waals surface area contributed by atoms with Gasteiger partial charge in [0, 0.05) is 31.4 Å². The molecule has 0 bridgehead atoms. The molecular weight excluding hydrogens is 354 g/mol. The Labute approximate surface area is 161 Å². The Balaban J connectivity index is 1.48. The first kappa shape index (κ1) is 17.1. The van der Waals surface area contributed by atoms with Gasteiger partial charge in [0.25, 0.3) is 0 Å². The molecule has 7 heteroatoms. The van der Waals surface area contributed by atoms with E-state index in [1.54, 1.807) is 0 Å². The van der Waals surface area contributed by atoms with E-state index in [0.29, 0.717) is 26.3 Å². The van der Waals surface area contributed by atoms with Gasteiger partial charge in [0.05, 0.1) is 36.3 Å². The highest BCUT2D eigenvalue weighted by molar-refractivity contribution is 5.92. The van der Waals surface area contributed by atoms with Crippen LogP contribution in [0.1, 0.15) is 5.56 Å². The normalized spacial score (nSPS) is 15.4. The number of rotatable bonds is 4. The Morgan fingerprint density at radius 2 is 1.79 bits per heavy atom. The molecular formula is C21H21N5O2. The van der Waals surface area contributed by atoms with E-state index in [1.165, 1.54) is 0 Å². The average molecular weight is 375 g/mol. The summed E-state index contributed by atoms with van der Waals surface area (Å²) in [5.74, 6) is 0.0130. The van der Waals surface area contributed by atoms with Crippen molar-refractivity contribution >= 4 is 33.6 Å². The lowest BCUT2D eigenvalue weighted by molar-refractivity contribution is -0.123. The predicted octanol–water partition coefficient (Wildman–Crippen LogP) is 1.98. The zero-order valence-corrected chi connectivity index (χ0v) is 15.5. The van der Waals surface area contributed by atoms with Crippen molar-refractivity contribution in [1.82, 2.24) is 24.6 Å². The van der Waals surface area contributed by atoms with Crippen LogP contribution in [0, 0.1) is 0 Å². The SMILES string of the molecule is O=C(CN1CCOCC1)NCc1c2nc3ccccc3nc2n2ccccc12. The molecule has 1 fully saturated rings. The fourth-order valence-corrected chi connectivity index (χ4v) is 3.74. The Hall–Kier alpha value is -3.03. The van der Waals surface area contributed by atoms with E-state index < -0.39 is 0 Å². The maximum Gasteiger partial charge on any atom is 0.234 e. The fourth-order valence-electron chi connectivity index (χ4n) is 3.74. The number of aromatic nitrogens is 3. The van der Waals surface area contributed by atoms with Gasteiger partial charge in [0.2, 0.25) is 5.91 Å². The topological polar surface area (TPSA) is 71.8 Å². The first-order chi connectivity index (χ1) is 13.8. The van der Waals surface area contributed by atoms with Crippen molar-refractivity contribution in [2.24, 2.45) is 0 Å². The summed E-state index contributed by atoms with van der Waals surface area (Å²) in [4.78, 5) is 24.2. The van der Waals surface area contributed by atoms with E-state index in [0.717, 1.165) is 46.4 Å². The van der Waals surface area contributed by atoms with Crippen molar-refractivity contribution in [3.63, 3.8) is 0 Å². The number of nitrogens with one attached hydrogen (secondary N) is 1. The van der Waals surface area contributed by atoms with Gasteiger partial charge in [0.15, 0.2) is 5.65 Å². The molecule has 1 aliphatic heterocycles. The summed E-state index contributed by atoms with van der Waals surface area (Å²) >= 11 is 0. The second-order valence-electron chi connectivity index (χ2n) is 6.98. The number of nitrogens with zero attached hydrogens (tertiary/aromatic N) is 4. The summed E-state index contributed by atoms with van der Waals surface area (Å²) in [6.07, 6.45) is 1.99. The predicted molar refractivity (Wildman–Crippen MR) is 107 cm³/mol. The highest BCUT2D eigenvalue weighted by atomic mass is 16.5. The van der Waals surface area contributed by atoms with E-state index in [4.69, 9.17) is 14.7 Å². The highest BCUT2D eigenvalue weighted by Crippen LogP contribution is 2.26. The van der Waals surface area contributed by atoms with Gasteiger partial charge in [-0.1, -0.05) is 18.2 Å². The lowest BCUT2D eigenvalue weighted by Gasteiger charge is -2.25. The highest BCUT2D eigenvalue weighted by Gasteiger charge is 2.18. The third-order valence-electron chi connectivity index (χ3n) is 5.17. The zero-order chi connectivity index (χ0) is 18.9. The quantitative estimate of drug-likeness (QED) is 0.591. The molecule has 1 amide bonds. The van der Waals surface area contributed by atoms with Crippen molar-refractivity contribution in [2.45, 2.75) is 6.54 Å². The molecule has 0 aliphatic carbocycles. The standard InChI is InChI=1S/C21H21N5O2/c27-19(14-25-9-11-28-12-10-25)22-13-15-18-7-3-4-8-26(18)21-20(15)23-16-5-1-2-6-17(16)24-21/h1-8H,9-14H2,(H,22,27). The van der Waals surface area contributed by atoms with Gasteiger partial charge in [-0.2, -0.15) is 0 Å². The fraction of sp³-hybridized carbons (Fsp3) is 0.286. The van der Waals surface area contributed by atoms with E-state index in [-0.39, 0.29) is 5.91 Å². The first-order valence-electron chi connectivity index (χ1n) is 9.51. The van der Waals surface area contributed by atoms with Crippen LogP contribution in [-0.2, 0) is 16.1 Å². The molecule has 142 valence electrons. The number of para-hydroxylation sites is 2. The maximum atomic E-state index is 12.5. The van der Waals surface area contributed by atoms with Gasteiger partial charge in [-0.15, -0.1) is 0 Å². The van der Waals surface area contributed by atoms with Crippen LogP contribution in [-0.4, -0.2) is 58.0 Å². The number of amides is 1. The van der Waals surface area contributed by atoms with Gasteiger partial charge < -0.3 is 10.1 Å². The van der Waals surface area contributed by atoms with Gasteiger partial charge >= 0.3 is 0 Å². The Morgan fingerprint density at radius 1 is 1.04 bits per heavy atom. The van der Waals surface area contributed by atoms with Crippen molar-refractivity contribution < 1.29 is 9.53 Å². The molecule has 4 heterocycles. The second-order valence-corrected chi connectivity index (χ2v) is 6.98. The third kappa shape index (κ3) is 3.08. The number of pyridine rings is 1. The van der Waals surface area contributed by atoms with Crippen LogP contribution >= 0.6 is 0 Å². The maximum absolute atomic E-state index is 12.5. The van der Waals surface area contributed by atoms with E-state index >= 15 is 0 Å². The molecule has 0 spiro atoms. The Kier molecular flexibility index (Phi) is 4.38. The molecule has 1 N–H and O–H groups in total. The summed E-state index contributed by atoms with van der Waals surface area (Å²) in [7, 11) is 0. The van der Waals surface area contributed by atoms with Gasteiger partial charge in [-0.3, -0.25) is 14.1 Å². The van der Waals surface area contributed by atoms with E-state index in [9.17, 15) is 4.79 Å². The molecule has 1 saturated heterocycles. The molecule has 0 atom stereocenters. The molecule has 0 radical (unpaired) electrons. The van der Waals surface area contributed by atoms with Gasteiger partial charge in [-0.05, 0) is 24.3 Å². The van der Waals surface area contributed by atoms with Crippen LogP contribution < -0.4 is 5.32 Å². The average Bonchev–Trinajstić information content (AvgIpc) is 3.04. The molecule has 0 unspecified atom stereocenters. The molecule has 5 rings (SSSR count). The minimum absolute atomic E-state index is 0.0130. The van der Waals surface area contributed by atoms with Crippen molar-refractivity contribution in [3.8, 4) is 0 Å². The monoisotopic (exact) mass is 375 g/mol. The third-order valence-corrected chi connectivity index (χ3v) is 5.17. The number of carbonyl (C=O) groups excluding carboxylic acids is 1. The van der Waals surface area contributed by atoms with Crippen molar-refractivity contribution in [3.05, 3.63) is 54.2 Å². The second kappa shape index (κ2) is 7.18. The summed E-state index contributed by atoms with van der Waals surface area (Å²) in [6, 6.07) is 13.9. The molecule has 4 aromatic rings. The largest absolute Gasteiger partial charge is 0.379 e. The first-order valence-corrected chi connectivity index (χ1v) is 9.51. The molecule has 3 aromatic heterocycles. The number of ether oxygens (including phenoxy) is 1. The summed E-state index contributed by atoms with van der Waals surface area (Å²) in [5, 5.41) is 3.06. The number of morpholine rings is 1. The number of benzene rings is 1. The lowest BCUT2D eigenvalue weighted by atomic mass is 10.2. The van der Waals surface area contributed by atoms with Crippen LogP contribution in [0.2, 0.25) is 0 Å². The van der Waals surface area contributed by atoms with Crippen LogP contribution in [0.5, 0.6) is 0 Å². The van der Waals surface area contributed by atoms with Crippen molar-refractivity contribution in [1.29, 1.82) is 0 Å². The molecule has 1 aromatic carbocycles. The minimum Gasteiger partial charge on any atom is -0.379 e. The van der Waals surface area contributed by atoms with E-state index in [2.05, 4.69) is 10.2 Å². The summed E-state index contributed by atoms with van der Waals surface area (Å²) < 4.78 is 7.38. The molecule has 28 heavy (non-hydrogen) atoms. The molecule has 1 aliphatic rings. The van der Waals surface area contributed by atoms with Crippen LogP contribution in [0.15, 0.2) is 48.7 Å². The zero-order valence-electron chi connectivity index (χ0n) is 15.5. The summed E-state index contributed by atoms with van der Waals surface area (Å²) in [5.41, 5.74) is 5.36. The smallest absolute Gasteiger partial charge is 0.234 e. The van der Waals surface area contributed by atoms with Crippen LogP contribution in [0.4, 0.5) is 0 Å². The molecule has 0 saturated carbocycles. The Morgan fingerprint density at radius 3 is 2.61 bits per heavy atom. The van der Waals surface area contributed by atoms with Crippen molar-refractivity contribution in [2.75, 3.05) is 32.8 Å². The number of fused-ring (bicyclic) bond motifs is 4. The minimum atomic E-state index is 0.0130. The van der Waals surface area contributed by atoms with E-state index in [1.807, 2.05) is 53.1 Å². The van der Waals surface area contributed by atoms with Crippen LogP contribution in [0.25, 0.3) is 27.7 Å². The number of hydrogen-bond donors (Lipinski definition) is 1. The van der Waals surface area contributed by atoms with Crippen LogP contribution in [0.3, 0.4) is 0 Å².